The zero-order valence-corrected chi connectivity index (χ0v) is 12.6. The van der Waals surface area contributed by atoms with E-state index in [1.165, 1.54) is 11.3 Å². The first kappa shape index (κ1) is 17.6. The molecular formula is C11H17F3N4O2S. The number of alkyl halides is 3. The molecule has 0 saturated heterocycles. The number of anilines is 1. The molecule has 1 aromatic heterocycles. The van der Waals surface area contributed by atoms with Crippen LogP contribution >= 0.6 is 11.3 Å². The number of carbonyl (C=O) groups is 1. The van der Waals surface area contributed by atoms with Gasteiger partial charge in [-0.25, -0.2) is 4.79 Å². The van der Waals surface area contributed by atoms with Crippen molar-refractivity contribution < 1.29 is 23.1 Å². The second kappa shape index (κ2) is 7.03. The van der Waals surface area contributed by atoms with Gasteiger partial charge in [0.05, 0.1) is 6.54 Å². The van der Waals surface area contributed by atoms with Gasteiger partial charge in [0, 0.05) is 13.5 Å². The average Bonchev–Trinajstić information content (AvgIpc) is 2.73. The molecule has 10 heteroatoms. The zero-order chi connectivity index (χ0) is 16.2. The molecular weight excluding hydrogens is 309 g/mol. The summed E-state index contributed by atoms with van der Waals surface area (Å²) in [5, 5.41) is 19.8. The number of aromatic nitrogens is 2. The number of amides is 2. The van der Waals surface area contributed by atoms with Gasteiger partial charge >= 0.3 is 12.2 Å². The van der Waals surface area contributed by atoms with Gasteiger partial charge in [-0.15, -0.1) is 10.2 Å². The van der Waals surface area contributed by atoms with E-state index in [-0.39, 0.29) is 5.13 Å². The number of nitrogens with zero attached hydrogens (tertiary/aromatic N) is 3. The summed E-state index contributed by atoms with van der Waals surface area (Å²) in [5.74, 6) is 0.381. The van der Waals surface area contributed by atoms with Crippen LogP contribution in [0.25, 0.3) is 0 Å². The number of likely N-dealkylation sites (N-methyl/N-ethyl adjacent to an activating group) is 1. The predicted octanol–water partition coefficient (Wildman–Crippen LogP) is 2.12. The summed E-state index contributed by atoms with van der Waals surface area (Å²) in [6.07, 6.45) is -6.64. The average molecular weight is 326 g/mol. The van der Waals surface area contributed by atoms with Crippen LogP contribution < -0.4 is 5.32 Å². The Balaban J connectivity index is 2.54. The SMILES string of the molecule is CC(C)Cc1nnc(NC(=O)N(C)CC(O)C(F)(F)F)s1. The molecule has 0 radical (unpaired) electrons. The van der Waals surface area contributed by atoms with Gasteiger partial charge in [0.15, 0.2) is 6.10 Å². The van der Waals surface area contributed by atoms with Crippen LogP contribution in [-0.2, 0) is 6.42 Å². The highest BCUT2D eigenvalue weighted by atomic mass is 32.1. The van der Waals surface area contributed by atoms with Crippen LogP contribution in [0.15, 0.2) is 0 Å². The lowest BCUT2D eigenvalue weighted by Crippen LogP contribution is -2.43. The summed E-state index contributed by atoms with van der Waals surface area (Å²) in [6.45, 7) is 3.16. The highest BCUT2D eigenvalue weighted by molar-refractivity contribution is 7.15. The predicted molar refractivity (Wildman–Crippen MR) is 72.2 cm³/mol. The maximum absolute atomic E-state index is 12.2. The molecule has 0 aliphatic rings. The number of carbonyl (C=O) groups excluding carboxylic acids is 1. The second-order valence-electron chi connectivity index (χ2n) is 4.97. The van der Waals surface area contributed by atoms with Crippen molar-refractivity contribution in [3.8, 4) is 0 Å². The van der Waals surface area contributed by atoms with Crippen molar-refractivity contribution in [1.29, 1.82) is 0 Å². The van der Waals surface area contributed by atoms with Crippen LogP contribution in [0.1, 0.15) is 18.9 Å². The molecule has 0 aromatic carbocycles. The summed E-state index contributed by atoms with van der Waals surface area (Å²) in [5.41, 5.74) is 0. The monoisotopic (exact) mass is 326 g/mol. The highest BCUT2D eigenvalue weighted by Crippen LogP contribution is 2.21. The van der Waals surface area contributed by atoms with Gasteiger partial charge in [-0.1, -0.05) is 25.2 Å². The van der Waals surface area contributed by atoms with Crippen molar-refractivity contribution in [1.82, 2.24) is 15.1 Å². The van der Waals surface area contributed by atoms with E-state index in [2.05, 4.69) is 15.5 Å². The Morgan fingerprint density at radius 2 is 2.05 bits per heavy atom. The van der Waals surface area contributed by atoms with Gasteiger partial charge in [-0.3, -0.25) is 5.32 Å². The molecule has 2 N–H and O–H groups in total. The molecule has 0 aliphatic heterocycles. The third-order valence-electron chi connectivity index (χ3n) is 2.43. The first-order valence-electron chi connectivity index (χ1n) is 6.19. The van der Waals surface area contributed by atoms with Gasteiger partial charge < -0.3 is 10.0 Å². The molecule has 0 fully saturated rings. The summed E-state index contributed by atoms with van der Waals surface area (Å²) >= 11 is 1.17. The first-order valence-corrected chi connectivity index (χ1v) is 7.00. The molecule has 1 atom stereocenters. The summed E-state index contributed by atoms with van der Waals surface area (Å²) in [4.78, 5) is 12.4. The quantitative estimate of drug-likeness (QED) is 0.869. The molecule has 1 rings (SSSR count). The van der Waals surface area contributed by atoms with Crippen molar-refractivity contribution in [2.45, 2.75) is 32.5 Å². The smallest absolute Gasteiger partial charge is 0.382 e. The van der Waals surface area contributed by atoms with E-state index in [9.17, 15) is 18.0 Å². The number of halogens is 3. The van der Waals surface area contributed by atoms with Crippen molar-refractivity contribution in [3.63, 3.8) is 0 Å². The number of rotatable bonds is 5. The maximum Gasteiger partial charge on any atom is 0.416 e. The minimum absolute atomic E-state index is 0.212. The van der Waals surface area contributed by atoms with Gasteiger partial charge in [-0.05, 0) is 5.92 Å². The summed E-state index contributed by atoms with van der Waals surface area (Å²) < 4.78 is 36.6. The number of nitrogens with one attached hydrogen (secondary N) is 1. The lowest BCUT2D eigenvalue weighted by atomic mass is 10.1. The highest BCUT2D eigenvalue weighted by Gasteiger charge is 2.39. The van der Waals surface area contributed by atoms with Crippen molar-refractivity contribution in [2.24, 2.45) is 5.92 Å². The van der Waals surface area contributed by atoms with E-state index in [0.29, 0.717) is 12.3 Å². The Hall–Kier alpha value is -1.42. The van der Waals surface area contributed by atoms with Gasteiger partial charge in [-0.2, -0.15) is 13.2 Å². The Bertz CT molecular complexity index is 478. The number of hydrogen-bond donors (Lipinski definition) is 2. The molecule has 120 valence electrons. The fourth-order valence-corrected chi connectivity index (χ4v) is 2.31. The summed E-state index contributed by atoms with van der Waals surface area (Å²) in [7, 11) is 1.15. The molecule has 1 heterocycles. The maximum atomic E-state index is 12.2. The minimum Gasteiger partial charge on any atom is -0.382 e. The Labute approximate surface area is 124 Å². The van der Waals surface area contributed by atoms with Crippen LogP contribution in [0.5, 0.6) is 0 Å². The molecule has 2 amide bonds. The first-order chi connectivity index (χ1) is 9.59. The number of aliphatic hydroxyl groups is 1. The fourth-order valence-electron chi connectivity index (χ4n) is 1.37. The standard InChI is InChI=1S/C11H17F3N4O2S/c1-6(2)4-8-16-17-9(21-8)15-10(20)18(3)5-7(19)11(12,13)14/h6-7,19H,4-5H2,1-3H3,(H,15,17,20). The van der Waals surface area contributed by atoms with E-state index in [4.69, 9.17) is 5.11 Å². The lowest BCUT2D eigenvalue weighted by molar-refractivity contribution is -0.205. The third-order valence-corrected chi connectivity index (χ3v) is 3.30. The molecule has 1 unspecified atom stereocenters. The van der Waals surface area contributed by atoms with E-state index in [1.807, 2.05) is 13.8 Å². The third kappa shape index (κ3) is 5.84. The van der Waals surface area contributed by atoms with Crippen LogP contribution in [0.2, 0.25) is 0 Å². The zero-order valence-electron chi connectivity index (χ0n) is 11.8. The molecule has 0 aliphatic carbocycles. The van der Waals surface area contributed by atoms with E-state index < -0.39 is 24.9 Å². The Morgan fingerprint density at radius 3 is 2.57 bits per heavy atom. The minimum atomic E-state index is -4.76. The van der Waals surface area contributed by atoms with Crippen LogP contribution in [-0.4, -0.2) is 52.1 Å². The molecule has 1 aromatic rings. The summed E-state index contributed by atoms with van der Waals surface area (Å²) in [6, 6.07) is -0.787. The normalized spacial score (nSPS) is 13.3. The lowest BCUT2D eigenvalue weighted by Gasteiger charge is -2.22. The van der Waals surface area contributed by atoms with Crippen LogP contribution in [0, 0.1) is 5.92 Å². The topological polar surface area (TPSA) is 78.4 Å². The largest absolute Gasteiger partial charge is 0.416 e. The molecule has 21 heavy (non-hydrogen) atoms. The number of hydrogen-bond acceptors (Lipinski definition) is 5. The van der Waals surface area contributed by atoms with Crippen molar-refractivity contribution >= 4 is 22.5 Å². The van der Waals surface area contributed by atoms with E-state index in [0.717, 1.165) is 17.0 Å². The van der Waals surface area contributed by atoms with Gasteiger partial charge in [0.2, 0.25) is 5.13 Å². The molecule has 0 saturated carbocycles. The molecule has 6 nitrogen and oxygen atoms in total. The van der Waals surface area contributed by atoms with Crippen LogP contribution in [0.3, 0.4) is 0 Å². The van der Waals surface area contributed by atoms with Crippen molar-refractivity contribution in [2.75, 3.05) is 18.9 Å². The molecule has 0 bridgehead atoms. The van der Waals surface area contributed by atoms with Gasteiger partial charge in [0.1, 0.15) is 5.01 Å². The number of aliphatic hydroxyl groups excluding tert-OH is 1. The second-order valence-corrected chi connectivity index (χ2v) is 6.03. The number of urea groups is 1. The van der Waals surface area contributed by atoms with Gasteiger partial charge in [0.25, 0.3) is 0 Å². The Kier molecular flexibility index (Phi) is 5.90. The fraction of sp³-hybridized carbons (Fsp3) is 0.727. The van der Waals surface area contributed by atoms with Crippen LogP contribution in [0.4, 0.5) is 23.1 Å². The molecule has 0 spiro atoms. The van der Waals surface area contributed by atoms with Crippen molar-refractivity contribution in [3.05, 3.63) is 5.01 Å². The Morgan fingerprint density at radius 1 is 1.43 bits per heavy atom. The van der Waals surface area contributed by atoms with E-state index >= 15 is 0 Å². The van der Waals surface area contributed by atoms with E-state index in [1.54, 1.807) is 0 Å².